The van der Waals surface area contributed by atoms with Gasteiger partial charge in [-0.2, -0.15) is 5.10 Å². The van der Waals surface area contributed by atoms with Gasteiger partial charge in [-0.15, -0.1) is 0 Å². The normalized spacial score (nSPS) is 19.7. The Labute approximate surface area is 200 Å². The summed E-state index contributed by atoms with van der Waals surface area (Å²) in [5, 5.41) is 26.0. The van der Waals surface area contributed by atoms with E-state index in [1.165, 1.54) is 4.90 Å². The van der Waals surface area contributed by atoms with Crippen molar-refractivity contribution in [2.45, 2.75) is 25.1 Å². The molecule has 6 rings (SSSR count). The lowest BCUT2D eigenvalue weighted by atomic mass is 9.98. The smallest absolute Gasteiger partial charge is 0.262 e. The fraction of sp³-hybridized carbons (Fsp3) is 0.292. The summed E-state index contributed by atoms with van der Waals surface area (Å²) in [7, 11) is 1.66. The number of amides is 1. The Hall–Kier alpha value is -4.09. The van der Waals surface area contributed by atoms with Gasteiger partial charge in [0.25, 0.3) is 5.91 Å². The number of fused-ring (bicyclic) bond motifs is 1. The molecule has 2 aliphatic rings. The maximum atomic E-state index is 12.4. The third-order valence-electron chi connectivity index (χ3n) is 6.52. The van der Waals surface area contributed by atoms with E-state index in [-0.39, 0.29) is 18.1 Å². The van der Waals surface area contributed by atoms with E-state index in [4.69, 9.17) is 4.52 Å². The molecule has 4 aromatic rings. The zero-order valence-corrected chi connectivity index (χ0v) is 19.1. The number of anilines is 2. The minimum Gasteiger partial charge on any atom is -0.373 e. The van der Waals surface area contributed by atoms with E-state index in [2.05, 4.69) is 30.9 Å². The topological polar surface area (TPSA) is 134 Å². The van der Waals surface area contributed by atoms with Crippen LogP contribution in [0.1, 0.15) is 17.9 Å². The molecule has 0 saturated carbocycles. The van der Waals surface area contributed by atoms with Crippen molar-refractivity contribution in [2.24, 2.45) is 0 Å². The first-order valence-corrected chi connectivity index (χ1v) is 11.4. The summed E-state index contributed by atoms with van der Waals surface area (Å²) in [5.74, 6) is 0.245. The van der Waals surface area contributed by atoms with Crippen LogP contribution in [0.4, 0.5) is 11.6 Å². The van der Waals surface area contributed by atoms with Crippen molar-refractivity contribution >= 4 is 17.5 Å². The largest absolute Gasteiger partial charge is 0.373 e. The Morgan fingerprint density at radius 1 is 1.17 bits per heavy atom. The standard InChI is InChI=1S/C24H24N8O3/c1-31-9-6-24(34,22(31)33)21-12-18(30-35-21)16-4-2-3-15(11-16)17-5-7-26-23(28-17)29-19-13-27-32-10-8-25-14-20(19)32/h2-5,7,11-13,25,34H,6,8-10,14H2,1H3,(H,26,28,29)/t24-/m1/s1. The molecule has 35 heavy (non-hydrogen) atoms. The molecule has 5 heterocycles. The third-order valence-corrected chi connectivity index (χ3v) is 6.52. The average molecular weight is 473 g/mol. The molecule has 3 aromatic heterocycles. The summed E-state index contributed by atoms with van der Waals surface area (Å²) in [4.78, 5) is 22.9. The van der Waals surface area contributed by atoms with Crippen LogP contribution in [-0.2, 0) is 23.5 Å². The number of carbonyl (C=O) groups excluding carboxylic acids is 1. The van der Waals surface area contributed by atoms with Gasteiger partial charge in [-0.05, 0) is 12.1 Å². The van der Waals surface area contributed by atoms with E-state index in [0.717, 1.165) is 47.8 Å². The fourth-order valence-electron chi connectivity index (χ4n) is 4.51. The third kappa shape index (κ3) is 3.74. The lowest BCUT2D eigenvalue weighted by Gasteiger charge is -2.16. The number of rotatable bonds is 5. The van der Waals surface area contributed by atoms with Crippen LogP contribution in [0.5, 0.6) is 0 Å². The summed E-state index contributed by atoms with van der Waals surface area (Å²) in [6, 6.07) is 11.1. The van der Waals surface area contributed by atoms with Gasteiger partial charge in [0.05, 0.1) is 29.8 Å². The van der Waals surface area contributed by atoms with Gasteiger partial charge in [-0.25, -0.2) is 9.97 Å². The number of carbonyl (C=O) groups is 1. The Morgan fingerprint density at radius 2 is 2.03 bits per heavy atom. The van der Waals surface area contributed by atoms with Gasteiger partial charge in [-0.1, -0.05) is 23.4 Å². The van der Waals surface area contributed by atoms with Gasteiger partial charge in [0, 0.05) is 56.5 Å². The second kappa shape index (κ2) is 8.29. The Bertz CT molecular complexity index is 1410. The van der Waals surface area contributed by atoms with Gasteiger partial charge in [0.2, 0.25) is 11.5 Å². The minimum atomic E-state index is -1.67. The Kier molecular flexibility index (Phi) is 5.08. The first-order chi connectivity index (χ1) is 17.0. The second-order valence-electron chi connectivity index (χ2n) is 8.79. The van der Waals surface area contributed by atoms with Crippen LogP contribution in [0.25, 0.3) is 22.5 Å². The quantitative estimate of drug-likeness (QED) is 0.398. The zero-order valence-electron chi connectivity index (χ0n) is 19.1. The summed E-state index contributed by atoms with van der Waals surface area (Å²) >= 11 is 0. The molecule has 1 fully saturated rings. The predicted molar refractivity (Wildman–Crippen MR) is 126 cm³/mol. The molecule has 1 aromatic carbocycles. The van der Waals surface area contributed by atoms with Gasteiger partial charge in [0.15, 0.2) is 5.76 Å². The number of aliphatic hydroxyl groups is 1. The number of benzene rings is 1. The molecule has 11 nitrogen and oxygen atoms in total. The highest BCUT2D eigenvalue weighted by Crippen LogP contribution is 2.35. The molecule has 2 aliphatic heterocycles. The molecule has 3 N–H and O–H groups in total. The van der Waals surface area contributed by atoms with E-state index in [0.29, 0.717) is 18.2 Å². The fourth-order valence-corrected chi connectivity index (χ4v) is 4.51. The molecule has 1 saturated heterocycles. The van der Waals surface area contributed by atoms with E-state index in [9.17, 15) is 9.90 Å². The lowest BCUT2D eigenvalue weighted by Crippen LogP contribution is -2.35. The molecule has 0 aliphatic carbocycles. The Balaban J connectivity index is 1.26. The number of nitrogens with zero attached hydrogens (tertiary/aromatic N) is 6. The molecule has 1 atom stereocenters. The van der Waals surface area contributed by atoms with Crippen LogP contribution in [-0.4, -0.2) is 61.0 Å². The number of hydrogen-bond acceptors (Lipinski definition) is 9. The molecular formula is C24H24N8O3. The maximum Gasteiger partial charge on any atom is 0.262 e. The van der Waals surface area contributed by atoms with Crippen molar-refractivity contribution in [1.29, 1.82) is 0 Å². The van der Waals surface area contributed by atoms with E-state index in [1.54, 1.807) is 25.5 Å². The molecule has 0 radical (unpaired) electrons. The maximum absolute atomic E-state index is 12.4. The number of nitrogens with one attached hydrogen (secondary N) is 2. The van der Waals surface area contributed by atoms with Crippen molar-refractivity contribution in [3.8, 4) is 22.5 Å². The predicted octanol–water partition coefficient (Wildman–Crippen LogP) is 1.89. The monoisotopic (exact) mass is 472 g/mol. The summed E-state index contributed by atoms with van der Waals surface area (Å²) < 4.78 is 7.38. The molecule has 0 unspecified atom stereocenters. The highest BCUT2D eigenvalue weighted by Gasteiger charge is 2.48. The van der Waals surface area contributed by atoms with Gasteiger partial charge in [0.1, 0.15) is 5.69 Å². The van der Waals surface area contributed by atoms with Crippen molar-refractivity contribution in [2.75, 3.05) is 25.5 Å². The van der Waals surface area contributed by atoms with Crippen LogP contribution in [0.3, 0.4) is 0 Å². The zero-order chi connectivity index (χ0) is 24.0. The van der Waals surface area contributed by atoms with Crippen LogP contribution < -0.4 is 10.6 Å². The minimum absolute atomic E-state index is 0.153. The molecule has 0 spiro atoms. The average Bonchev–Trinajstić information content (AvgIpc) is 3.61. The van der Waals surface area contributed by atoms with Crippen molar-refractivity contribution in [1.82, 2.24) is 35.1 Å². The summed E-state index contributed by atoms with van der Waals surface area (Å²) in [6.07, 6.45) is 3.77. The molecular weight excluding hydrogens is 448 g/mol. The Morgan fingerprint density at radius 3 is 2.86 bits per heavy atom. The van der Waals surface area contributed by atoms with Gasteiger partial charge in [-0.3, -0.25) is 9.48 Å². The second-order valence-corrected chi connectivity index (χ2v) is 8.79. The first-order valence-electron chi connectivity index (χ1n) is 11.4. The summed E-state index contributed by atoms with van der Waals surface area (Å²) in [5.41, 5.74) is 3.19. The van der Waals surface area contributed by atoms with Crippen molar-refractivity contribution < 1.29 is 14.4 Å². The lowest BCUT2D eigenvalue weighted by molar-refractivity contribution is -0.144. The first kappa shape index (κ1) is 21.4. The van der Waals surface area contributed by atoms with Crippen LogP contribution in [0, 0.1) is 0 Å². The number of aromatic nitrogens is 5. The van der Waals surface area contributed by atoms with E-state index < -0.39 is 5.60 Å². The molecule has 0 bridgehead atoms. The van der Waals surface area contributed by atoms with E-state index in [1.807, 2.05) is 35.0 Å². The highest BCUT2D eigenvalue weighted by atomic mass is 16.5. The molecule has 11 heteroatoms. The SMILES string of the molecule is CN1CC[C@@](O)(c2cc(-c3cccc(-c4ccnc(Nc5cnn6c5CNCC6)n4)c3)no2)C1=O. The van der Waals surface area contributed by atoms with Crippen LogP contribution >= 0.6 is 0 Å². The number of likely N-dealkylation sites (tertiary alicyclic amines) is 1. The van der Waals surface area contributed by atoms with Crippen molar-refractivity contribution in [3.63, 3.8) is 0 Å². The highest BCUT2D eigenvalue weighted by molar-refractivity contribution is 5.87. The molecule has 178 valence electrons. The summed E-state index contributed by atoms with van der Waals surface area (Å²) in [6.45, 7) is 2.93. The van der Waals surface area contributed by atoms with Crippen molar-refractivity contribution in [3.05, 3.63) is 60.2 Å². The van der Waals surface area contributed by atoms with Gasteiger partial charge < -0.3 is 25.2 Å². The van der Waals surface area contributed by atoms with Crippen LogP contribution in [0.2, 0.25) is 0 Å². The molecule has 1 amide bonds. The number of likely N-dealkylation sites (N-methyl/N-ethyl adjacent to an activating group) is 1. The van der Waals surface area contributed by atoms with Gasteiger partial charge >= 0.3 is 0 Å². The number of hydrogen-bond donors (Lipinski definition) is 3. The van der Waals surface area contributed by atoms with E-state index >= 15 is 0 Å². The van der Waals surface area contributed by atoms with Crippen LogP contribution in [0.15, 0.2) is 53.3 Å².